The zero-order chi connectivity index (χ0) is 27.9. The normalized spacial score (nSPS) is 12.2. The number of hydrogen-bond acceptors (Lipinski definition) is 4. The molecule has 1 unspecified atom stereocenters. The number of rotatable bonds is 11. The van der Waals surface area contributed by atoms with Gasteiger partial charge in [-0.05, 0) is 63.9 Å². The lowest BCUT2D eigenvalue weighted by molar-refractivity contribution is -0.140. The van der Waals surface area contributed by atoms with Crippen LogP contribution in [0.1, 0.15) is 43.9 Å². The number of nitrogens with one attached hydrogen (secondary N) is 1. The van der Waals surface area contributed by atoms with Crippen LogP contribution in [0.5, 0.6) is 0 Å². The zero-order valence-corrected chi connectivity index (χ0v) is 23.5. The summed E-state index contributed by atoms with van der Waals surface area (Å²) in [6.07, 6.45) is 0.381. The summed E-state index contributed by atoms with van der Waals surface area (Å²) >= 11 is 0. The molecule has 1 N–H and O–H groups in total. The van der Waals surface area contributed by atoms with Gasteiger partial charge in [0.2, 0.25) is 11.8 Å². The fourth-order valence-corrected chi connectivity index (χ4v) is 5.68. The zero-order valence-electron chi connectivity index (χ0n) is 22.7. The fraction of sp³-hybridized carbons (Fsp3) is 0.333. The molecule has 3 rings (SSSR count). The second-order valence-electron chi connectivity index (χ2n) is 9.76. The molecule has 8 heteroatoms. The number of aryl methyl sites for hydroxylation is 2. The molecule has 1 atom stereocenters. The molecule has 0 aliphatic carbocycles. The molecule has 0 bridgehead atoms. The Labute approximate surface area is 226 Å². The van der Waals surface area contributed by atoms with Crippen LogP contribution in [0, 0.1) is 13.8 Å². The lowest BCUT2D eigenvalue weighted by atomic mass is 10.1. The van der Waals surface area contributed by atoms with Gasteiger partial charge in [-0.25, -0.2) is 8.42 Å². The minimum Gasteiger partial charge on any atom is -0.352 e. The first-order valence-electron chi connectivity index (χ1n) is 12.8. The Bertz CT molecular complexity index is 1340. The van der Waals surface area contributed by atoms with Gasteiger partial charge < -0.3 is 10.2 Å². The number of hydrogen-bond donors (Lipinski definition) is 1. The maximum absolute atomic E-state index is 14.0. The summed E-state index contributed by atoms with van der Waals surface area (Å²) in [5.74, 6) is -0.729. The van der Waals surface area contributed by atoms with Crippen molar-refractivity contribution >= 4 is 27.5 Å². The second-order valence-corrected chi connectivity index (χ2v) is 11.6. The van der Waals surface area contributed by atoms with Crippen molar-refractivity contribution in [3.05, 3.63) is 95.6 Å². The van der Waals surface area contributed by atoms with E-state index in [0.717, 1.165) is 21.0 Å². The van der Waals surface area contributed by atoms with E-state index in [-0.39, 0.29) is 23.4 Å². The van der Waals surface area contributed by atoms with Crippen molar-refractivity contribution in [2.24, 2.45) is 0 Å². The van der Waals surface area contributed by atoms with Gasteiger partial charge in [0.25, 0.3) is 10.0 Å². The Morgan fingerprint density at radius 2 is 1.53 bits per heavy atom. The van der Waals surface area contributed by atoms with Crippen LogP contribution < -0.4 is 9.62 Å². The number of sulfonamides is 1. The standard InChI is InChI=1S/C30H37N3O4S/c1-6-28(30(35)31-22(2)3)32(20-25-12-10-11-24(5)19-25)29(34)21-33(26-13-8-7-9-14-26)38(36,37)27-17-15-23(4)16-18-27/h7-19,22,28H,6,20-21H2,1-5H3,(H,31,35). The van der Waals surface area contributed by atoms with Crippen molar-refractivity contribution in [2.45, 2.75) is 64.6 Å². The highest BCUT2D eigenvalue weighted by atomic mass is 32.2. The Kier molecular flexibility index (Phi) is 9.69. The fourth-order valence-electron chi connectivity index (χ4n) is 4.27. The van der Waals surface area contributed by atoms with Crippen LogP contribution in [-0.2, 0) is 26.2 Å². The molecule has 7 nitrogen and oxygen atoms in total. The van der Waals surface area contributed by atoms with Gasteiger partial charge in [-0.2, -0.15) is 0 Å². The van der Waals surface area contributed by atoms with Crippen molar-refractivity contribution in [2.75, 3.05) is 10.8 Å². The minimum atomic E-state index is -4.07. The van der Waals surface area contributed by atoms with Crippen LogP contribution in [0.25, 0.3) is 0 Å². The number of nitrogens with zero attached hydrogens (tertiary/aromatic N) is 2. The summed E-state index contributed by atoms with van der Waals surface area (Å²) in [6.45, 7) is 9.15. The minimum absolute atomic E-state index is 0.0922. The largest absolute Gasteiger partial charge is 0.352 e. The first kappa shape index (κ1) is 28.9. The maximum Gasteiger partial charge on any atom is 0.264 e. The van der Waals surface area contributed by atoms with E-state index in [4.69, 9.17) is 0 Å². The summed E-state index contributed by atoms with van der Waals surface area (Å²) in [5, 5.41) is 2.91. The monoisotopic (exact) mass is 535 g/mol. The summed E-state index contributed by atoms with van der Waals surface area (Å²) in [6, 6.07) is 22.0. The van der Waals surface area contributed by atoms with Crippen molar-refractivity contribution in [3.8, 4) is 0 Å². The molecule has 0 saturated carbocycles. The molecular weight excluding hydrogens is 498 g/mol. The quantitative estimate of drug-likeness (QED) is 0.381. The van der Waals surface area contributed by atoms with Crippen molar-refractivity contribution in [1.82, 2.24) is 10.2 Å². The van der Waals surface area contributed by atoms with Crippen molar-refractivity contribution in [1.29, 1.82) is 0 Å². The van der Waals surface area contributed by atoms with Gasteiger partial charge in [0.15, 0.2) is 0 Å². The second kappa shape index (κ2) is 12.7. The highest BCUT2D eigenvalue weighted by molar-refractivity contribution is 7.92. The summed E-state index contributed by atoms with van der Waals surface area (Å²) in [7, 11) is -4.07. The van der Waals surface area contributed by atoms with E-state index in [9.17, 15) is 18.0 Å². The van der Waals surface area contributed by atoms with E-state index in [1.54, 1.807) is 54.6 Å². The maximum atomic E-state index is 14.0. The molecule has 0 radical (unpaired) electrons. The number of para-hydroxylation sites is 1. The number of benzene rings is 3. The van der Waals surface area contributed by atoms with E-state index in [0.29, 0.717) is 12.1 Å². The molecule has 0 saturated heterocycles. The molecule has 2 amide bonds. The predicted molar refractivity (Wildman–Crippen MR) is 151 cm³/mol. The van der Waals surface area contributed by atoms with Crippen LogP contribution in [0.3, 0.4) is 0 Å². The van der Waals surface area contributed by atoms with Gasteiger partial charge in [0, 0.05) is 12.6 Å². The smallest absolute Gasteiger partial charge is 0.264 e. The third-order valence-electron chi connectivity index (χ3n) is 6.18. The van der Waals surface area contributed by atoms with Gasteiger partial charge in [-0.3, -0.25) is 13.9 Å². The predicted octanol–water partition coefficient (Wildman–Crippen LogP) is 4.83. The molecule has 0 heterocycles. The van der Waals surface area contributed by atoms with E-state index < -0.39 is 28.5 Å². The van der Waals surface area contributed by atoms with Gasteiger partial charge in [-0.15, -0.1) is 0 Å². The molecule has 3 aromatic carbocycles. The molecule has 0 aromatic heterocycles. The highest BCUT2D eigenvalue weighted by Gasteiger charge is 2.33. The Balaban J connectivity index is 2.04. The first-order chi connectivity index (χ1) is 18.0. The lowest BCUT2D eigenvalue weighted by Gasteiger charge is -2.33. The first-order valence-corrected chi connectivity index (χ1v) is 14.3. The van der Waals surface area contributed by atoms with Crippen LogP contribution >= 0.6 is 0 Å². The van der Waals surface area contributed by atoms with Gasteiger partial charge in [0.05, 0.1) is 10.6 Å². The molecule has 0 fully saturated rings. The highest BCUT2D eigenvalue weighted by Crippen LogP contribution is 2.25. The third-order valence-corrected chi connectivity index (χ3v) is 7.97. The van der Waals surface area contributed by atoms with Crippen LogP contribution in [-0.4, -0.2) is 43.8 Å². The van der Waals surface area contributed by atoms with Gasteiger partial charge >= 0.3 is 0 Å². The van der Waals surface area contributed by atoms with E-state index in [2.05, 4.69) is 5.32 Å². The SMILES string of the molecule is CCC(C(=O)NC(C)C)N(Cc1cccc(C)c1)C(=O)CN(c1ccccc1)S(=O)(=O)c1ccc(C)cc1. The summed E-state index contributed by atoms with van der Waals surface area (Å²) in [5.41, 5.74) is 3.19. The Morgan fingerprint density at radius 1 is 0.868 bits per heavy atom. The average Bonchev–Trinajstić information content (AvgIpc) is 2.87. The number of carbonyl (C=O) groups is 2. The number of amides is 2. The number of carbonyl (C=O) groups excluding carboxylic acids is 2. The van der Waals surface area contributed by atoms with E-state index >= 15 is 0 Å². The summed E-state index contributed by atoms with van der Waals surface area (Å²) in [4.78, 5) is 28.7. The van der Waals surface area contributed by atoms with E-state index in [1.165, 1.54) is 4.90 Å². The number of anilines is 1. The van der Waals surface area contributed by atoms with E-state index in [1.807, 2.05) is 58.9 Å². The molecular formula is C30H37N3O4S. The lowest BCUT2D eigenvalue weighted by Crippen LogP contribution is -2.53. The van der Waals surface area contributed by atoms with Crippen LogP contribution in [0.4, 0.5) is 5.69 Å². The van der Waals surface area contributed by atoms with Gasteiger partial charge in [-0.1, -0.05) is 72.6 Å². The third kappa shape index (κ3) is 7.22. The molecule has 3 aromatic rings. The van der Waals surface area contributed by atoms with Crippen LogP contribution in [0.2, 0.25) is 0 Å². The van der Waals surface area contributed by atoms with Crippen LogP contribution in [0.15, 0.2) is 83.8 Å². The molecule has 38 heavy (non-hydrogen) atoms. The topological polar surface area (TPSA) is 86.8 Å². The Hall–Kier alpha value is -3.65. The summed E-state index contributed by atoms with van der Waals surface area (Å²) < 4.78 is 28.7. The van der Waals surface area contributed by atoms with Gasteiger partial charge in [0.1, 0.15) is 12.6 Å². The van der Waals surface area contributed by atoms with Crippen molar-refractivity contribution < 1.29 is 18.0 Å². The average molecular weight is 536 g/mol. The molecule has 202 valence electrons. The Morgan fingerprint density at radius 3 is 2.11 bits per heavy atom. The molecule has 0 aliphatic heterocycles. The molecule has 0 aliphatic rings. The van der Waals surface area contributed by atoms with Crippen molar-refractivity contribution in [3.63, 3.8) is 0 Å². The molecule has 0 spiro atoms.